The molecule has 3 aromatic rings. The van der Waals surface area contributed by atoms with Crippen molar-refractivity contribution in [2.45, 2.75) is 39.7 Å². The number of aryl methyl sites for hydroxylation is 1. The minimum atomic E-state index is -0.645. The smallest absolute Gasteiger partial charge is 0.295 e. The maximum atomic E-state index is 13.2. The van der Waals surface area contributed by atoms with E-state index in [0.29, 0.717) is 18.7 Å². The molecule has 0 spiro atoms. The highest BCUT2D eigenvalue weighted by Gasteiger charge is 2.46. The van der Waals surface area contributed by atoms with Crippen molar-refractivity contribution in [1.82, 2.24) is 4.90 Å². The first-order chi connectivity index (χ1) is 16.0. The topological polar surface area (TPSA) is 66.8 Å². The Balaban J connectivity index is 1.92. The van der Waals surface area contributed by atoms with Crippen LogP contribution in [0.2, 0.25) is 0 Å². The summed E-state index contributed by atoms with van der Waals surface area (Å²) >= 11 is 0. The van der Waals surface area contributed by atoms with E-state index in [1.54, 1.807) is 23.1 Å². The molecule has 1 atom stereocenters. The van der Waals surface area contributed by atoms with Crippen molar-refractivity contribution in [2.75, 3.05) is 13.2 Å². The van der Waals surface area contributed by atoms with Gasteiger partial charge in [-0.25, -0.2) is 0 Å². The van der Waals surface area contributed by atoms with Gasteiger partial charge in [-0.2, -0.15) is 0 Å². The van der Waals surface area contributed by atoms with Crippen molar-refractivity contribution >= 4 is 28.2 Å². The lowest BCUT2D eigenvalue weighted by Crippen LogP contribution is -2.30. The van der Waals surface area contributed by atoms with E-state index >= 15 is 0 Å². The second-order valence-electron chi connectivity index (χ2n) is 8.33. The number of hydrogen-bond donors (Lipinski definition) is 1. The average Bonchev–Trinajstić information content (AvgIpc) is 3.08. The number of hydrogen-bond acceptors (Lipinski definition) is 4. The molecule has 1 aliphatic rings. The molecule has 170 valence electrons. The minimum Gasteiger partial charge on any atom is -0.507 e. The van der Waals surface area contributed by atoms with Crippen LogP contribution in [-0.2, 0) is 9.59 Å². The monoisotopic (exact) mass is 443 g/mol. The van der Waals surface area contributed by atoms with Gasteiger partial charge >= 0.3 is 0 Å². The number of amides is 1. The van der Waals surface area contributed by atoms with Crippen LogP contribution in [0.5, 0.6) is 5.75 Å². The molecule has 0 aromatic heterocycles. The van der Waals surface area contributed by atoms with Crippen molar-refractivity contribution in [3.8, 4) is 5.75 Å². The van der Waals surface area contributed by atoms with Gasteiger partial charge in [0.2, 0.25) is 0 Å². The van der Waals surface area contributed by atoms with Crippen LogP contribution in [-0.4, -0.2) is 34.8 Å². The van der Waals surface area contributed by atoms with Gasteiger partial charge in [-0.3, -0.25) is 9.59 Å². The molecule has 5 heteroatoms. The number of ketones is 1. The molecule has 1 aliphatic heterocycles. The second-order valence-corrected chi connectivity index (χ2v) is 8.33. The third-order valence-electron chi connectivity index (χ3n) is 6.16. The van der Waals surface area contributed by atoms with Crippen molar-refractivity contribution in [3.05, 3.63) is 82.9 Å². The number of fused-ring (bicyclic) bond motifs is 1. The number of nitrogens with zero attached hydrogens (tertiary/aromatic N) is 1. The number of carbonyl (C=O) groups excluding carboxylic acids is 2. The van der Waals surface area contributed by atoms with Gasteiger partial charge in [-0.05, 0) is 60.4 Å². The van der Waals surface area contributed by atoms with E-state index in [-0.39, 0.29) is 11.3 Å². The maximum absolute atomic E-state index is 13.2. The van der Waals surface area contributed by atoms with E-state index in [1.807, 2.05) is 63.2 Å². The van der Waals surface area contributed by atoms with Gasteiger partial charge in [-0.15, -0.1) is 0 Å². The summed E-state index contributed by atoms with van der Waals surface area (Å²) in [6.07, 6.45) is 1.67. The van der Waals surface area contributed by atoms with Crippen LogP contribution >= 0.6 is 0 Å². The highest BCUT2D eigenvalue weighted by molar-refractivity contribution is 6.46. The predicted molar refractivity (Wildman–Crippen MR) is 130 cm³/mol. The summed E-state index contributed by atoms with van der Waals surface area (Å²) < 4.78 is 5.61. The molecule has 1 saturated heterocycles. The molecule has 1 heterocycles. The number of carbonyl (C=O) groups is 2. The fraction of sp³-hybridized carbons (Fsp3) is 0.286. The number of aliphatic hydroxyl groups is 1. The average molecular weight is 444 g/mol. The summed E-state index contributed by atoms with van der Waals surface area (Å²) in [6.45, 7) is 6.84. The van der Waals surface area contributed by atoms with Crippen molar-refractivity contribution in [1.29, 1.82) is 0 Å². The molecule has 1 amide bonds. The van der Waals surface area contributed by atoms with Gasteiger partial charge in [0, 0.05) is 12.1 Å². The fourth-order valence-corrected chi connectivity index (χ4v) is 4.52. The zero-order chi connectivity index (χ0) is 23.5. The van der Waals surface area contributed by atoms with Crippen molar-refractivity contribution in [3.63, 3.8) is 0 Å². The van der Waals surface area contributed by atoms with E-state index in [0.717, 1.165) is 40.5 Å². The Kier molecular flexibility index (Phi) is 6.50. The SMILES string of the molecule is CCCCN1C(=O)C(=O)/C(=C(\O)c2ccc(OCC)c(C)c2)C1c1cccc2ccccc12. The van der Waals surface area contributed by atoms with Crippen LogP contribution in [0.4, 0.5) is 0 Å². The number of Topliss-reactive ketones (excluding diaryl/α,β-unsaturated/α-hetero) is 1. The van der Waals surface area contributed by atoms with Crippen LogP contribution in [0.3, 0.4) is 0 Å². The molecule has 1 unspecified atom stereocenters. The van der Waals surface area contributed by atoms with Gasteiger partial charge in [-0.1, -0.05) is 55.8 Å². The highest BCUT2D eigenvalue weighted by atomic mass is 16.5. The molecule has 0 saturated carbocycles. The Hall–Kier alpha value is -3.60. The lowest BCUT2D eigenvalue weighted by atomic mass is 9.91. The minimum absolute atomic E-state index is 0.135. The standard InChI is InChI=1S/C28H29NO4/c1-4-6-16-29-25(22-13-9-11-19-10-7-8-12-21(19)22)24(27(31)28(29)32)26(30)20-14-15-23(33-5-2)18(3)17-20/h7-15,17,25,30H,4-6,16H2,1-3H3/b26-24-. The summed E-state index contributed by atoms with van der Waals surface area (Å²) in [4.78, 5) is 27.9. The number of aliphatic hydroxyl groups excluding tert-OH is 1. The Bertz CT molecular complexity index is 1240. The van der Waals surface area contributed by atoms with E-state index < -0.39 is 17.7 Å². The van der Waals surface area contributed by atoms with E-state index in [9.17, 15) is 14.7 Å². The molecule has 0 aliphatic carbocycles. The van der Waals surface area contributed by atoms with Crippen LogP contribution in [0.1, 0.15) is 49.4 Å². The lowest BCUT2D eigenvalue weighted by Gasteiger charge is -2.26. The first kappa shape index (κ1) is 22.6. The first-order valence-corrected chi connectivity index (χ1v) is 11.5. The molecule has 0 bridgehead atoms. The summed E-state index contributed by atoms with van der Waals surface area (Å²) in [5.41, 5.74) is 2.32. The molecule has 3 aromatic carbocycles. The van der Waals surface area contributed by atoms with E-state index in [1.165, 1.54) is 0 Å². The Labute approximate surface area is 194 Å². The summed E-state index contributed by atoms with van der Waals surface area (Å²) in [5.74, 6) is -0.641. The van der Waals surface area contributed by atoms with Crippen molar-refractivity contribution < 1.29 is 19.4 Å². The third kappa shape index (κ3) is 4.11. The van der Waals surface area contributed by atoms with Gasteiger partial charge in [0.15, 0.2) is 0 Å². The Morgan fingerprint density at radius 3 is 2.52 bits per heavy atom. The zero-order valence-electron chi connectivity index (χ0n) is 19.3. The molecule has 4 rings (SSSR count). The number of ether oxygens (including phenoxy) is 1. The van der Waals surface area contributed by atoms with Crippen LogP contribution in [0, 0.1) is 6.92 Å². The van der Waals surface area contributed by atoms with E-state index in [2.05, 4.69) is 0 Å². The largest absolute Gasteiger partial charge is 0.507 e. The number of unbranched alkanes of at least 4 members (excludes halogenated alkanes) is 1. The van der Waals surface area contributed by atoms with Crippen LogP contribution in [0.15, 0.2) is 66.2 Å². The molecular formula is C28H29NO4. The zero-order valence-corrected chi connectivity index (χ0v) is 19.3. The summed E-state index contributed by atoms with van der Waals surface area (Å²) in [7, 11) is 0. The maximum Gasteiger partial charge on any atom is 0.295 e. The molecule has 0 radical (unpaired) electrons. The van der Waals surface area contributed by atoms with Crippen molar-refractivity contribution in [2.24, 2.45) is 0 Å². The van der Waals surface area contributed by atoms with E-state index in [4.69, 9.17) is 4.74 Å². The number of rotatable bonds is 7. The fourth-order valence-electron chi connectivity index (χ4n) is 4.52. The van der Waals surface area contributed by atoms with Gasteiger partial charge in [0.25, 0.3) is 11.7 Å². The third-order valence-corrected chi connectivity index (χ3v) is 6.16. The lowest BCUT2D eigenvalue weighted by molar-refractivity contribution is -0.139. The second kappa shape index (κ2) is 9.49. The van der Waals surface area contributed by atoms with Crippen LogP contribution in [0.25, 0.3) is 16.5 Å². The predicted octanol–water partition coefficient (Wildman–Crippen LogP) is 5.77. The molecule has 1 N–H and O–H groups in total. The van der Waals surface area contributed by atoms with Gasteiger partial charge < -0.3 is 14.7 Å². The molecular weight excluding hydrogens is 414 g/mol. The first-order valence-electron chi connectivity index (χ1n) is 11.5. The highest BCUT2D eigenvalue weighted by Crippen LogP contribution is 2.42. The Morgan fingerprint density at radius 2 is 1.79 bits per heavy atom. The van der Waals surface area contributed by atoms with Gasteiger partial charge in [0.05, 0.1) is 18.2 Å². The summed E-state index contributed by atoms with van der Waals surface area (Å²) in [6, 6.07) is 18.4. The Morgan fingerprint density at radius 1 is 1.03 bits per heavy atom. The molecule has 5 nitrogen and oxygen atoms in total. The number of benzene rings is 3. The molecule has 33 heavy (non-hydrogen) atoms. The normalized spacial score (nSPS) is 17.7. The quantitative estimate of drug-likeness (QED) is 0.286. The van der Waals surface area contributed by atoms with Crippen LogP contribution < -0.4 is 4.74 Å². The van der Waals surface area contributed by atoms with Gasteiger partial charge in [0.1, 0.15) is 11.5 Å². The molecule has 1 fully saturated rings. The summed E-state index contributed by atoms with van der Waals surface area (Å²) in [5, 5.41) is 13.3. The number of likely N-dealkylation sites (tertiary alicyclic amines) is 1.